The van der Waals surface area contributed by atoms with Gasteiger partial charge in [-0.05, 0) is 13.8 Å². The van der Waals surface area contributed by atoms with E-state index in [0.29, 0.717) is 18.4 Å². The maximum atomic E-state index is 5.78. The molecule has 0 bridgehead atoms. The summed E-state index contributed by atoms with van der Waals surface area (Å²) in [4.78, 5) is 8.02. The van der Waals surface area contributed by atoms with E-state index in [9.17, 15) is 0 Å². The predicted molar refractivity (Wildman–Crippen MR) is 58.9 cm³/mol. The third-order valence-corrected chi connectivity index (χ3v) is 1.65. The zero-order valence-corrected chi connectivity index (χ0v) is 9.98. The molecule has 90 valence electrons. The number of nitrogens with zero attached hydrogens (tertiary/aromatic N) is 2. The van der Waals surface area contributed by atoms with Crippen LogP contribution >= 0.6 is 0 Å². The van der Waals surface area contributed by atoms with Crippen molar-refractivity contribution in [3.63, 3.8) is 0 Å². The maximum absolute atomic E-state index is 5.78. The van der Waals surface area contributed by atoms with Gasteiger partial charge in [-0.3, -0.25) is 0 Å². The van der Waals surface area contributed by atoms with Crippen LogP contribution in [0.2, 0.25) is 0 Å². The molecule has 0 aliphatic carbocycles. The second kappa shape index (κ2) is 4.98. The fourth-order valence-electron chi connectivity index (χ4n) is 0.908. The van der Waals surface area contributed by atoms with Gasteiger partial charge in [0.15, 0.2) is 0 Å². The van der Waals surface area contributed by atoms with Crippen molar-refractivity contribution in [2.75, 3.05) is 20.8 Å². The summed E-state index contributed by atoms with van der Waals surface area (Å²) < 4.78 is 15.3. The van der Waals surface area contributed by atoms with Crippen LogP contribution in [0, 0.1) is 0 Å². The van der Waals surface area contributed by atoms with Gasteiger partial charge in [0, 0.05) is 5.54 Å². The average Bonchev–Trinajstić information content (AvgIpc) is 2.25. The van der Waals surface area contributed by atoms with Crippen molar-refractivity contribution < 1.29 is 14.2 Å². The van der Waals surface area contributed by atoms with Crippen molar-refractivity contribution in [1.29, 1.82) is 0 Å². The lowest BCUT2D eigenvalue weighted by Crippen LogP contribution is -2.39. The van der Waals surface area contributed by atoms with E-state index in [4.69, 9.17) is 19.9 Å². The summed E-state index contributed by atoms with van der Waals surface area (Å²) in [5.41, 5.74) is 5.34. The Balaban J connectivity index is 2.79. The van der Waals surface area contributed by atoms with Gasteiger partial charge in [-0.15, -0.1) is 0 Å². The van der Waals surface area contributed by atoms with Crippen molar-refractivity contribution in [2.24, 2.45) is 5.73 Å². The number of methoxy groups -OCH3 is 2. The molecular formula is C10H17N3O3. The smallest absolute Gasteiger partial charge is 0.323 e. The fourth-order valence-corrected chi connectivity index (χ4v) is 0.908. The van der Waals surface area contributed by atoms with Crippen LogP contribution in [0.4, 0.5) is 0 Å². The van der Waals surface area contributed by atoms with E-state index in [1.165, 1.54) is 14.2 Å². The highest BCUT2D eigenvalue weighted by atomic mass is 16.5. The first kappa shape index (κ1) is 12.5. The van der Waals surface area contributed by atoms with Gasteiger partial charge in [0.2, 0.25) is 11.8 Å². The molecule has 0 amide bonds. The van der Waals surface area contributed by atoms with Gasteiger partial charge in [-0.2, -0.15) is 9.97 Å². The number of rotatable bonds is 5. The van der Waals surface area contributed by atoms with Crippen LogP contribution in [0.25, 0.3) is 0 Å². The Labute approximate surface area is 94.7 Å². The third kappa shape index (κ3) is 3.90. The highest BCUT2D eigenvalue weighted by molar-refractivity contribution is 5.22. The first-order valence-electron chi connectivity index (χ1n) is 4.83. The SMILES string of the molecule is COc1cc(OC)nc(OCC(C)(C)N)n1. The molecule has 0 aliphatic rings. The van der Waals surface area contributed by atoms with Crippen molar-refractivity contribution >= 4 is 0 Å². The minimum Gasteiger partial charge on any atom is -0.481 e. The molecule has 0 aromatic carbocycles. The van der Waals surface area contributed by atoms with Gasteiger partial charge in [-0.25, -0.2) is 0 Å². The van der Waals surface area contributed by atoms with Gasteiger partial charge in [0.25, 0.3) is 0 Å². The Morgan fingerprint density at radius 1 is 1.19 bits per heavy atom. The number of ether oxygens (including phenoxy) is 3. The first-order chi connectivity index (χ1) is 7.44. The molecule has 0 fully saturated rings. The van der Waals surface area contributed by atoms with Crippen LogP contribution in [0.3, 0.4) is 0 Å². The van der Waals surface area contributed by atoms with Crippen LogP contribution in [-0.2, 0) is 0 Å². The van der Waals surface area contributed by atoms with Crippen molar-refractivity contribution in [3.8, 4) is 17.8 Å². The summed E-state index contributed by atoms with van der Waals surface area (Å²) >= 11 is 0. The van der Waals surface area contributed by atoms with E-state index in [1.54, 1.807) is 6.07 Å². The second-order valence-corrected chi connectivity index (χ2v) is 4.01. The number of aromatic nitrogens is 2. The van der Waals surface area contributed by atoms with Crippen molar-refractivity contribution in [1.82, 2.24) is 9.97 Å². The molecule has 0 spiro atoms. The molecule has 0 aliphatic heterocycles. The van der Waals surface area contributed by atoms with Gasteiger partial charge in [0.1, 0.15) is 6.61 Å². The predicted octanol–water partition coefficient (Wildman–Crippen LogP) is 0.610. The first-order valence-corrected chi connectivity index (χ1v) is 4.83. The van der Waals surface area contributed by atoms with Crippen LogP contribution < -0.4 is 19.9 Å². The molecule has 1 aromatic rings. The summed E-state index contributed by atoms with van der Waals surface area (Å²) in [6.45, 7) is 4.01. The Hall–Kier alpha value is -1.56. The molecule has 16 heavy (non-hydrogen) atoms. The summed E-state index contributed by atoms with van der Waals surface area (Å²) in [5.74, 6) is 0.772. The second-order valence-electron chi connectivity index (χ2n) is 4.01. The standard InChI is InChI=1S/C10H17N3O3/c1-10(2,11)6-16-9-12-7(14-3)5-8(13-9)15-4/h5H,6,11H2,1-4H3. The molecular weight excluding hydrogens is 210 g/mol. The lowest BCUT2D eigenvalue weighted by atomic mass is 10.1. The van der Waals surface area contributed by atoms with Crippen LogP contribution in [0.5, 0.6) is 17.8 Å². The van der Waals surface area contributed by atoms with E-state index in [1.807, 2.05) is 13.8 Å². The zero-order chi connectivity index (χ0) is 12.2. The van der Waals surface area contributed by atoms with E-state index < -0.39 is 5.54 Å². The van der Waals surface area contributed by atoms with Crippen LogP contribution in [0.15, 0.2) is 6.07 Å². The molecule has 0 radical (unpaired) electrons. The highest BCUT2D eigenvalue weighted by Gasteiger charge is 2.14. The Bertz CT molecular complexity index is 327. The van der Waals surface area contributed by atoms with Gasteiger partial charge in [-0.1, -0.05) is 0 Å². The van der Waals surface area contributed by atoms with Crippen molar-refractivity contribution in [3.05, 3.63) is 6.07 Å². The average molecular weight is 227 g/mol. The minimum atomic E-state index is -0.445. The molecule has 1 rings (SSSR count). The quantitative estimate of drug-likeness (QED) is 0.794. The van der Waals surface area contributed by atoms with Crippen LogP contribution in [0.1, 0.15) is 13.8 Å². The normalized spacial score (nSPS) is 11.1. The van der Waals surface area contributed by atoms with Gasteiger partial charge >= 0.3 is 6.01 Å². The van der Waals surface area contributed by atoms with E-state index in [-0.39, 0.29) is 6.01 Å². The maximum Gasteiger partial charge on any atom is 0.323 e. The largest absolute Gasteiger partial charge is 0.481 e. The molecule has 0 saturated carbocycles. The minimum absolute atomic E-state index is 0.190. The molecule has 0 atom stereocenters. The lowest BCUT2D eigenvalue weighted by Gasteiger charge is -2.18. The van der Waals surface area contributed by atoms with Gasteiger partial charge in [0.05, 0.1) is 20.3 Å². The molecule has 1 heterocycles. The zero-order valence-electron chi connectivity index (χ0n) is 9.98. The van der Waals surface area contributed by atoms with Crippen molar-refractivity contribution in [2.45, 2.75) is 19.4 Å². The summed E-state index contributed by atoms with van der Waals surface area (Å²) in [7, 11) is 3.02. The molecule has 6 nitrogen and oxygen atoms in total. The molecule has 0 unspecified atom stereocenters. The monoisotopic (exact) mass is 227 g/mol. The lowest BCUT2D eigenvalue weighted by molar-refractivity contribution is 0.219. The van der Waals surface area contributed by atoms with E-state index in [0.717, 1.165) is 0 Å². The van der Waals surface area contributed by atoms with E-state index >= 15 is 0 Å². The Morgan fingerprint density at radius 2 is 1.69 bits per heavy atom. The topological polar surface area (TPSA) is 79.5 Å². The van der Waals surface area contributed by atoms with Crippen LogP contribution in [-0.4, -0.2) is 36.3 Å². The number of hydrogen-bond donors (Lipinski definition) is 1. The molecule has 1 aromatic heterocycles. The number of nitrogens with two attached hydrogens (primary N) is 1. The third-order valence-electron chi connectivity index (χ3n) is 1.65. The molecule has 2 N–H and O–H groups in total. The summed E-state index contributed by atoms with van der Waals surface area (Å²) in [5, 5.41) is 0. The highest BCUT2D eigenvalue weighted by Crippen LogP contribution is 2.19. The fraction of sp³-hybridized carbons (Fsp3) is 0.600. The molecule has 6 heteroatoms. The Morgan fingerprint density at radius 3 is 2.06 bits per heavy atom. The molecule has 0 saturated heterocycles. The summed E-state index contributed by atoms with van der Waals surface area (Å²) in [6, 6.07) is 1.76. The van der Waals surface area contributed by atoms with Gasteiger partial charge < -0.3 is 19.9 Å². The Kier molecular flexibility index (Phi) is 3.89. The number of hydrogen-bond acceptors (Lipinski definition) is 6. The van der Waals surface area contributed by atoms with E-state index in [2.05, 4.69) is 9.97 Å². The summed E-state index contributed by atoms with van der Waals surface area (Å²) in [6.07, 6.45) is 0.